The molecule has 5 atom stereocenters. The number of epoxide rings is 1. The van der Waals surface area contributed by atoms with E-state index in [1.165, 1.54) is 5.56 Å². The van der Waals surface area contributed by atoms with E-state index in [-0.39, 0.29) is 11.0 Å². The first-order chi connectivity index (χ1) is 12.5. The second-order valence-electron chi connectivity index (χ2n) is 8.93. The standard InChI is InChI=1S/C21H26O5/c1-18-12-17(22)21-15-4-3-14(23-2)11-13(15)5-7-19(21,26-21)16(18)6-8-20(18)24-9-10-25-20/h3-4,11,16-17,22H,5-10,12H2,1-2H3. The summed E-state index contributed by atoms with van der Waals surface area (Å²) in [6.07, 6.45) is 3.96. The predicted molar refractivity (Wildman–Crippen MR) is 92.9 cm³/mol. The average Bonchev–Trinajstić information content (AvgIpc) is 2.98. The molecule has 2 heterocycles. The minimum Gasteiger partial charge on any atom is -0.497 e. The Morgan fingerprint density at radius 3 is 2.77 bits per heavy atom. The first-order valence-corrected chi connectivity index (χ1v) is 9.85. The van der Waals surface area contributed by atoms with E-state index in [2.05, 4.69) is 19.1 Å². The number of methoxy groups -OCH3 is 1. The van der Waals surface area contributed by atoms with Gasteiger partial charge in [-0.2, -0.15) is 0 Å². The summed E-state index contributed by atoms with van der Waals surface area (Å²) in [6.45, 7) is 3.56. The Morgan fingerprint density at radius 1 is 1.19 bits per heavy atom. The van der Waals surface area contributed by atoms with Gasteiger partial charge in [0.05, 0.1) is 26.4 Å². The molecule has 6 rings (SSSR count). The van der Waals surface area contributed by atoms with Crippen molar-refractivity contribution in [3.8, 4) is 5.75 Å². The lowest BCUT2D eigenvalue weighted by Gasteiger charge is -2.51. The molecule has 5 unspecified atom stereocenters. The quantitative estimate of drug-likeness (QED) is 0.782. The molecule has 1 N–H and O–H groups in total. The molecule has 5 aliphatic rings. The predicted octanol–water partition coefficient (Wildman–Crippen LogP) is 2.53. The van der Waals surface area contributed by atoms with Gasteiger partial charge in [0.2, 0.25) is 0 Å². The number of fused-ring (bicyclic) bond motifs is 3. The first-order valence-electron chi connectivity index (χ1n) is 9.85. The maximum Gasteiger partial charge on any atom is 0.174 e. The Hall–Kier alpha value is -1.14. The number of benzene rings is 1. The van der Waals surface area contributed by atoms with Gasteiger partial charge in [0, 0.05) is 17.8 Å². The minimum absolute atomic E-state index is 0.201. The van der Waals surface area contributed by atoms with E-state index in [1.807, 2.05) is 6.07 Å². The van der Waals surface area contributed by atoms with Gasteiger partial charge in [0.25, 0.3) is 0 Å². The number of rotatable bonds is 1. The van der Waals surface area contributed by atoms with Crippen molar-refractivity contribution >= 4 is 0 Å². The van der Waals surface area contributed by atoms with Crippen molar-refractivity contribution in [3.63, 3.8) is 0 Å². The summed E-state index contributed by atoms with van der Waals surface area (Å²) < 4.78 is 24.3. The van der Waals surface area contributed by atoms with Gasteiger partial charge in [-0.25, -0.2) is 0 Å². The molecule has 2 saturated carbocycles. The summed E-state index contributed by atoms with van der Waals surface area (Å²) >= 11 is 0. The lowest BCUT2D eigenvalue weighted by atomic mass is 9.53. The van der Waals surface area contributed by atoms with Gasteiger partial charge in [-0.3, -0.25) is 0 Å². The molecule has 4 fully saturated rings. The second-order valence-corrected chi connectivity index (χ2v) is 8.93. The van der Waals surface area contributed by atoms with Crippen molar-refractivity contribution < 1.29 is 24.1 Å². The molecule has 5 nitrogen and oxygen atoms in total. The topological polar surface area (TPSA) is 60.5 Å². The average molecular weight is 358 g/mol. The van der Waals surface area contributed by atoms with Crippen LogP contribution in [0.2, 0.25) is 0 Å². The van der Waals surface area contributed by atoms with Crippen LogP contribution >= 0.6 is 0 Å². The maximum atomic E-state index is 11.4. The highest BCUT2D eigenvalue weighted by molar-refractivity contribution is 5.50. The van der Waals surface area contributed by atoms with E-state index in [9.17, 15) is 5.11 Å². The molecule has 26 heavy (non-hydrogen) atoms. The first kappa shape index (κ1) is 15.9. The van der Waals surface area contributed by atoms with Gasteiger partial charge in [0.15, 0.2) is 5.79 Å². The maximum absolute atomic E-state index is 11.4. The third-order valence-corrected chi connectivity index (χ3v) is 8.21. The Kier molecular flexibility index (Phi) is 2.83. The van der Waals surface area contributed by atoms with Crippen LogP contribution in [0, 0.1) is 11.3 Å². The number of aryl methyl sites for hydroxylation is 1. The highest BCUT2D eigenvalue weighted by atomic mass is 16.7. The summed E-state index contributed by atoms with van der Waals surface area (Å²) in [6, 6.07) is 6.20. The Balaban J connectivity index is 1.47. The van der Waals surface area contributed by atoms with Gasteiger partial charge in [-0.05, 0) is 48.9 Å². The number of aliphatic hydroxyl groups excluding tert-OH is 1. The van der Waals surface area contributed by atoms with Crippen molar-refractivity contribution in [1.29, 1.82) is 0 Å². The molecule has 3 aliphatic carbocycles. The molecule has 140 valence electrons. The fourth-order valence-corrected chi connectivity index (χ4v) is 7.13. The van der Waals surface area contributed by atoms with Crippen LogP contribution < -0.4 is 4.74 Å². The number of hydrogen-bond acceptors (Lipinski definition) is 5. The zero-order valence-electron chi connectivity index (χ0n) is 15.4. The third-order valence-electron chi connectivity index (χ3n) is 8.21. The van der Waals surface area contributed by atoms with Crippen molar-refractivity contribution in [2.24, 2.45) is 11.3 Å². The summed E-state index contributed by atoms with van der Waals surface area (Å²) in [5.74, 6) is 0.689. The molecule has 1 aromatic carbocycles. The number of hydrogen-bond donors (Lipinski definition) is 1. The number of aliphatic hydroxyl groups is 1. The monoisotopic (exact) mass is 358 g/mol. The van der Waals surface area contributed by atoms with Crippen LogP contribution in [0.1, 0.15) is 43.7 Å². The van der Waals surface area contributed by atoms with Crippen LogP contribution in [0.3, 0.4) is 0 Å². The summed E-state index contributed by atoms with van der Waals surface area (Å²) in [7, 11) is 1.70. The Bertz CT molecular complexity index is 787. The van der Waals surface area contributed by atoms with Crippen LogP contribution in [-0.4, -0.2) is 42.9 Å². The van der Waals surface area contributed by atoms with E-state index in [0.717, 1.165) is 37.0 Å². The molecule has 0 bridgehead atoms. The van der Waals surface area contributed by atoms with Crippen LogP contribution in [0.25, 0.3) is 0 Å². The molecule has 5 heteroatoms. The van der Waals surface area contributed by atoms with E-state index in [4.69, 9.17) is 18.9 Å². The Labute approximate surface area is 153 Å². The van der Waals surface area contributed by atoms with E-state index in [0.29, 0.717) is 25.6 Å². The fraction of sp³-hybridized carbons (Fsp3) is 0.714. The summed E-state index contributed by atoms with van der Waals surface area (Å²) in [4.78, 5) is 0. The van der Waals surface area contributed by atoms with Gasteiger partial charge in [-0.15, -0.1) is 0 Å². The van der Waals surface area contributed by atoms with Crippen molar-refractivity contribution in [2.45, 2.75) is 62.1 Å². The molecule has 0 radical (unpaired) electrons. The summed E-state index contributed by atoms with van der Waals surface area (Å²) in [5, 5.41) is 11.4. The molecule has 2 aliphatic heterocycles. The molecule has 1 aromatic rings. The van der Waals surface area contributed by atoms with Crippen LogP contribution in [0.4, 0.5) is 0 Å². The lowest BCUT2D eigenvalue weighted by Crippen LogP contribution is -2.59. The molecule has 1 spiro atoms. The fourth-order valence-electron chi connectivity index (χ4n) is 7.13. The van der Waals surface area contributed by atoms with Crippen LogP contribution in [0.5, 0.6) is 5.75 Å². The van der Waals surface area contributed by atoms with Crippen LogP contribution in [0.15, 0.2) is 18.2 Å². The van der Waals surface area contributed by atoms with Gasteiger partial charge < -0.3 is 24.1 Å². The normalized spacial score (nSPS) is 47.0. The van der Waals surface area contributed by atoms with Crippen molar-refractivity contribution in [3.05, 3.63) is 29.3 Å². The van der Waals surface area contributed by atoms with Crippen molar-refractivity contribution in [1.82, 2.24) is 0 Å². The van der Waals surface area contributed by atoms with E-state index >= 15 is 0 Å². The van der Waals surface area contributed by atoms with Gasteiger partial charge >= 0.3 is 0 Å². The molecule has 2 saturated heterocycles. The second kappa shape index (κ2) is 4.64. The number of ether oxygens (including phenoxy) is 4. The zero-order valence-corrected chi connectivity index (χ0v) is 15.4. The van der Waals surface area contributed by atoms with Crippen molar-refractivity contribution in [2.75, 3.05) is 20.3 Å². The SMILES string of the molecule is COc1ccc2c(c1)CCC13OC21C(O)CC1(C)C3CCC12OCCO2. The summed E-state index contributed by atoms with van der Waals surface area (Å²) in [5.41, 5.74) is 1.38. The molecular formula is C21H26O5. The van der Waals surface area contributed by atoms with Crippen LogP contribution in [-0.2, 0) is 26.2 Å². The van der Waals surface area contributed by atoms with E-state index in [1.54, 1.807) is 7.11 Å². The smallest absolute Gasteiger partial charge is 0.174 e. The van der Waals surface area contributed by atoms with Gasteiger partial charge in [-0.1, -0.05) is 13.0 Å². The lowest BCUT2D eigenvalue weighted by molar-refractivity contribution is -0.242. The third kappa shape index (κ3) is 1.48. The van der Waals surface area contributed by atoms with E-state index < -0.39 is 17.5 Å². The highest BCUT2D eigenvalue weighted by Crippen LogP contribution is 2.78. The molecule has 0 aromatic heterocycles. The highest BCUT2D eigenvalue weighted by Gasteiger charge is 2.86. The molecular weight excluding hydrogens is 332 g/mol. The van der Waals surface area contributed by atoms with Gasteiger partial charge in [0.1, 0.15) is 17.0 Å². The zero-order chi connectivity index (χ0) is 17.8. The largest absolute Gasteiger partial charge is 0.497 e. The Morgan fingerprint density at radius 2 is 2.00 bits per heavy atom. The molecule has 0 amide bonds. The minimum atomic E-state index is -0.554.